The van der Waals surface area contributed by atoms with Gasteiger partial charge < -0.3 is 10.5 Å². The zero-order valence-electron chi connectivity index (χ0n) is 8.31. The minimum atomic E-state index is -0.0788. The summed E-state index contributed by atoms with van der Waals surface area (Å²) in [6.45, 7) is 3.65. The first kappa shape index (κ1) is 10.7. The molecule has 1 rings (SSSR count). The van der Waals surface area contributed by atoms with Gasteiger partial charge in [-0.15, -0.1) is 6.58 Å². The molecule has 0 spiro atoms. The molecule has 4 heteroatoms. The smallest absolute Gasteiger partial charge is 0.216 e. The molecule has 14 heavy (non-hydrogen) atoms. The summed E-state index contributed by atoms with van der Waals surface area (Å²) in [6, 6.07) is 1.68. The fraction of sp³-hybridized carbons (Fsp3) is 0.400. The van der Waals surface area contributed by atoms with Crippen LogP contribution < -0.4 is 10.5 Å². The number of aromatic nitrogens is 2. The van der Waals surface area contributed by atoms with Crippen molar-refractivity contribution in [3.63, 3.8) is 0 Å². The SMILES string of the molecule is C=CCCC(N)c1cc(OC)ncn1. The molecule has 0 aromatic carbocycles. The summed E-state index contributed by atoms with van der Waals surface area (Å²) in [7, 11) is 1.57. The van der Waals surface area contributed by atoms with Crippen LogP contribution in [0.1, 0.15) is 24.6 Å². The van der Waals surface area contributed by atoms with E-state index in [1.165, 1.54) is 6.33 Å². The molecular weight excluding hydrogens is 178 g/mol. The van der Waals surface area contributed by atoms with E-state index in [1.807, 2.05) is 6.08 Å². The highest BCUT2D eigenvalue weighted by molar-refractivity contribution is 5.16. The summed E-state index contributed by atoms with van der Waals surface area (Å²) in [5, 5.41) is 0. The average molecular weight is 193 g/mol. The molecule has 1 heterocycles. The van der Waals surface area contributed by atoms with E-state index in [4.69, 9.17) is 10.5 Å². The fourth-order valence-electron chi connectivity index (χ4n) is 1.11. The predicted molar refractivity (Wildman–Crippen MR) is 54.9 cm³/mol. The first-order valence-electron chi connectivity index (χ1n) is 4.50. The topological polar surface area (TPSA) is 61.0 Å². The van der Waals surface area contributed by atoms with E-state index in [-0.39, 0.29) is 6.04 Å². The molecule has 0 aliphatic carbocycles. The van der Waals surface area contributed by atoms with Crippen molar-refractivity contribution in [3.8, 4) is 5.88 Å². The highest BCUT2D eigenvalue weighted by Crippen LogP contribution is 2.16. The van der Waals surface area contributed by atoms with Crippen molar-refractivity contribution in [1.82, 2.24) is 9.97 Å². The van der Waals surface area contributed by atoms with Crippen molar-refractivity contribution in [2.75, 3.05) is 7.11 Å². The van der Waals surface area contributed by atoms with E-state index in [2.05, 4.69) is 16.5 Å². The third-order valence-corrected chi connectivity index (χ3v) is 1.93. The number of rotatable bonds is 5. The summed E-state index contributed by atoms with van der Waals surface area (Å²) in [5.41, 5.74) is 6.72. The summed E-state index contributed by atoms with van der Waals surface area (Å²) in [6.07, 6.45) is 5.03. The zero-order chi connectivity index (χ0) is 10.4. The maximum Gasteiger partial charge on any atom is 0.216 e. The lowest BCUT2D eigenvalue weighted by Crippen LogP contribution is -2.12. The van der Waals surface area contributed by atoms with Gasteiger partial charge in [0, 0.05) is 12.1 Å². The lowest BCUT2D eigenvalue weighted by atomic mass is 10.1. The first-order valence-corrected chi connectivity index (χ1v) is 4.50. The van der Waals surface area contributed by atoms with E-state index in [0.717, 1.165) is 18.5 Å². The number of nitrogens with two attached hydrogens (primary N) is 1. The molecule has 0 bridgehead atoms. The Morgan fingerprint density at radius 2 is 2.43 bits per heavy atom. The van der Waals surface area contributed by atoms with Gasteiger partial charge in [-0.3, -0.25) is 0 Å². The molecule has 0 saturated heterocycles. The minimum absolute atomic E-state index is 0.0788. The first-order chi connectivity index (χ1) is 6.77. The molecule has 1 aromatic rings. The molecule has 2 N–H and O–H groups in total. The summed E-state index contributed by atoms with van der Waals surface area (Å²) in [5.74, 6) is 0.545. The summed E-state index contributed by atoms with van der Waals surface area (Å²) < 4.78 is 4.98. The van der Waals surface area contributed by atoms with Gasteiger partial charge in [0.1, 0.15) is 6.33 Å². The third kappa shape index (κ3) is 2.81. The number of hydrogen-bond donors (Lipinski definition) is 1. The van der Waals surface area contributed by atoms with Crippen molar-refractivity contribution in [3.05, 3.63) is 30.7 Å². The van der Waals surface area contributed by atoms with E-state index in [1.54, 1.807) is 13.2 Å². The predicted octanol–water partition coefficient (Wildman–Crippen LogP) is 1.45. The fourth-order valence-corrected chi connectivity index (χ4v) is 1.11. The van der Waals surface area contributed by atoms with Crippen LogP contribution in [0.5, 0.6) is 5.88 Å². The average Bonchev–Trinajstić information content (AvgIpc) is 2.26. The highest BCUT2D eigenvalue weighted by atomic mass is 16.5. The second-order valence-electron chi connectivity index (χ2n) is 2.96. The van der Waals surface area contributed by atoms with Gasteiger partial charge in [0.25, 0.3) is 0 Å². The van der Waals surface area contributed by atoms with Gasteiger partial charge in [-0.05, 0) is 12.8 Å². The van der Waals surface area contributed by atoms with Gasteiger partial charge in [-0.25, -0.2) is 9.97 Å². The number of allylic oxidation sites excluding steroid dienone is 1. The Morgan fingerprint density at radius 1 is 1.64 bits per heavy atom. The monoisotopic (exact) mass is 193 g/mol. The molecule has 76 valence electrons. The maximum absolute atomic E-state index is 5.91. The second-order valence-corrected chi connectivity index (χ2v) is 2.96. The standard InChI is InChI=1S/C10H15N3O/c1-3-4-5-8(11)9-6-10(14-2)13-7-12-9/h3,6-8H,1,4-5,11H2,2H3. The van der Waals surface area contributed by atoms with Gasteiger partial charge in [-0.2, -0.15) is 0 Å². The molecule has 0 aliphatic rings. The second kappa shape index (κ2) is 5.34. The Hall–Kier alpha value is -1.42. The van der Waals surface area contributed by atoms with Crippen molar-refractivity contribution < 1.29 is 4.74 Å². The Balaban J connectivity index is 2.68. The van der Waals surface area contributed by atoms with Crippen LogP contribution in [0.3, 0.4) is 0 Å². The number of nitrogens with zero attached hydrogens (tertiary/aromatic N) is 2. The third-order valence-electron chi connectivity index (χ3n) is 1.93. The molecule has 0 aliphatic heterocycles. The molecule has 0 amide bonds. The Labute approximate surface area is 83.8 Å². The number of ether oxygens (including phenoxy) is 1. The molecule has 4 nitrogen and oxygen atoms in total. The lowest BCUT2D eigenvalue weighted by molar-refractivity contribution is 0.395. The molecule has 1 unspecified atom stereocenters. The minimum Gasteiger partial charge on any atom is -0.481 e. The van der Waals surface area contributed by atoms with E-state index in [0.29, 0.717) is 5.88 Å². The van der Waals surface area contributed by atoms with Crippen LogP contribution in [-0.2, 0) is 0 Å². The molecule has 0 radical (unpaired) electrons. The van der Waals surface area contributed by atoms with Crippen LogP contribution >= 0.6 is 0 Å². The van der Waals surface area contributed by atoms with Gasteiger partial charge in [-0.1, -0.05) is 6.08 Å². The highest BCUT2D eigenvalue weighted by Gasteiger charge is 2.07. The van der Waals surface area contributed by atoms with Crippen molar-refractivity contribution in [1.29, 1.82) is 0 Å². The maximum atomic E-state index is 5.91. The Kier molecular flexibility index (Phi) is 4.07. The Morgan fingerprint density at radius 3 is 3.07 bits per heavy atom. The summed E-state index contributed by atoms with van der Waals surface area (Å²) in [4.78, 5) is 8.00. The van der Waals surface area contributed by atoms with Crippen LogP contribution in [0.2, 0.25) is 0 Å². The quantitative estimate of drug-likeness (QED) is 0.719. The molecule has 1 aromatic heterocycles. The lowest BCUT2D eigenvalue weighted by Gasteiger charge is -2.09. The molecule has 0 fully saturated rings. The molecule has 0 saturated carbocycles. The van der Waals surface area contributed by atoms with Gasteiger partial charge >= 0.3 is 0 Å². The molecule has 1 atom stereocenters. The van der Waals surface area contributed by atoms with Gasteiger partial charge in [0.05, 0.1) is 12.8 Å². The van der Waals surface area contributed by atoms with Gasteiger partial charge in [0.15, 0.2) is 0 Å². The largest absolute Gasteiger partial charge is 0.481 e. The summed E-state index contributed by atoms with van der Waals surface area (Å²) >= 11 is 0. The van der Waals surface area contributed by atoms with E-state index < -0.39 is 0 Å². The van der Waals surface area contributed by atoms with Crippen molar-refractivity contribution in [2.45, 2.75) is 18.9 Å². The van der Waals surface area contributed by atoms with E-state index >= 15 is 0 Å². The van der Waals surface area contributed by atoms with Crippen LogP contribution in [0.4, 0.5) is 0 Å². The Bertz CT molecular complexity index is 301. The van der Waals surface area contributed by atoms with E-state index in [9.17, 15) is 0 Å². The molecular formula is C10H15N3O. The normalized spacial score (nSPS) is 12.1. The van der Waals surface area contributed by atoms with Gasteiger partial charge in [0.2, 0.25) is 5.88 Å². The van der Waals surface area contributed by atoms with Crippen LogP contribution in [0, 0.1) is 0 Å². The van der Waals surface area contributed by atoms with Crippen LogP contribution in [0.25, 0.3) is 0 Å². The zero-order valence-corrected chi connectivity index (χ0v) is 8.31. The van der Waals surface area contributed by atoms with Crippen molar-refractivity contribution >= 4 is 0 Å². The van der Waals surface area contributed by atoms with Crippen LogP contribution in [0.15, 0.2) is 25.0 Å². The van der Waals surface area contributed by atoms with Crippen molar-refractivity contribution in [2.24, 2.45) is 5.73 Å². The van der Waals surface area contributed by atoms with Crippen LogP contribution in [-0.4, -0.2) is 17.1 Å². The number of hydrogen-bond acceptors (Lipinski definition) is 4. The number of methoxy groups -OCH3 is 1.